The lowest BCUT2D eigenvalue weighted by Gasteiger charge is -2.45. The van der Waals surface area contributed by atoms with Crippen molar-refractivity contribution in [1.82, 2.24) is 10.2 Å². The fourth-order valence-corrected chi connectivity index (χ4v) is 3.09. The zero-order chi connectivity index (χ0) is 13.0. The van der Waals surface area contributed by atoms with E-state index in [0.717, 1.165) is 25.9 Å². The molecule has 1 aliphatic carbocycles. The molecule has 1 saturated heterocycles. The molecule has 0 amide bonds. The molecule has 0 aromatic rings. The molecule has 0 aromatic carbocycles. The van der Waals surface area contributed by atoms with Crippen LogP contribution in [0.2, 0.25) is 0 Å². The molecule has 106 valence electrons. The molecule has 0 aromatic heterocycles. The second kappa shape index (κ2) is 6.78. The molecule has 2 rings (SSSR count). The number of alkyl halides is 2. The molecule has 0 spiro atoms. The van der Waals surface area contributed by atoms with Gasteiger partial charge in [0.05, 0.1) is 6.54 Å². The van der Waals surface area contributed by atoms with Crippen LogP contribution in [0.15, 0.2) is 0 Å². The summed E-state index contributed by atoms with van der Waals surface area (Å²) in [4.78, 5) is 2.44. The molecule has 5 heteroatoms. The van der Waals surface area contributed by atoms with Gasteiger partial charge in [-0.15, -0.1) is 0 Å². The van der Waals surface area contributed by atoms with Crippen molar-refractivity contribution < 1.29 is 13.9 Å². The first-order valence-corrected chi connectivity index (χ1v) is 7.05. The Balaban J connectivity index is 1.84. The van der Waals surface area contributed by atoms with Crippen LogP contribution in [0.5, 0.6) is 0 Å². The van der Waals surface area contributed by atoms with Crippen molar-refractivity contribution in [2.45, 2.75) is 50.6 Å². The van der Waals surface area contributed by atoms with E-state index >= 15 is 0 Å². The quantitative estimate of drug-likeness (QED) is 0.761. The SMILES string of the molecule is OCCC1CC(NCC(F)F)CN(C2CCC2)C1. The number of aliphatic hydroxyl groups is 1. The molecule has 0 radical (unpaired) electrons. The molecule has 2 atom stereocenters. The first-order chi connectivity index (χ1) is 8.69. The highest BCUT2D eigenvalue weighted by Crippen LogP contribution is 2.30. The van der Waals surface area contributed by atoms with E-state index in [1.807, 2.05) is 0 Å². The van der Waals surface area contributed by atoms with Gasteiger partial charge >= 0.3 is 0 Å². The van der Waals surface area contributed by atoms with Gasteiger partial charge in [0.25, 0.3) is 6.43 Å². The number of aliphatic hydroxyl groups excluding tert-OH is 1. The molecule has 0 bridgehead atoms. The number of piperidine rings is 1. The van der Waals surface area contributed by atoms with Gasteiger partial charge in [-0.05, 0) is 31.6 Å². The zero-order valence-corrected chi connectivity index (χ0v) is 10.8. The van der Waals surface area contributed by atoms with Gasteiger partial charge in [0.1, 0.15) is 0 Å². The monoisotopic (exact) mass is 262 g/mol. The largest absolute Gasteiger partial charge is 0.396 e. The Labute approximate surface area is 108 Å². The fraction of sp³-hybridized carbons (Fsp3) is 1.00. The summed E-state index contributed by atoms with van der Waals surface area (Å²) in [6.07, 6.45) is 3.20. The predicted molar refractivity (Wildman–Crippen MR) is 66.8 cm³/mol. The van der Waals surface area contributed by atoms with Crippen LogP contribution < -0.4 is 5.32 Å². The molecule has 1 saturated carbocycles. The molecule has 2 N–H and O–H groups in total. The van der Waals surface area contributed by atoms with E-state index in [1.54, 1.807) is 0 Å². The summed E-state index contributed by atoms with van der Waals surface area (Å²) in [6.45, 7) is 1.90. The van der Waals surface area contributed by atoms with E-state index in [0.29, 0.717) is 12.0 Å². The standard InChI is InChI=1S/C13H24F2N2O/c14-13(15)7-16-11-6-10(4-5-18)8-17(9-11)12-2-1-3-12/h10-13,16,18H,1-9H2. The Hall–Kier alpha value is -0.260. The Morgan fingerprint density at radius 1 is 1.28 bits per heavy atom. The normalized spacial score (nSPS) is 30.7. The lowest BCUT2D eigenvalue weighted by atomic mass is 9.85. The fourth-order valence-electron chi connectivity index (χ4n) is 3.09. The van der Waals surface area contributed by atoms with Crippen LogP contribution in [0.4, 0.5) is 8.78 Å². The Morgan fingerprint density at radius 2 is 2.06 bits per heavy atom. The average molecular weight is 262 g/mol. The Kier molecular flexibility index (Phi) is 5.33. The van der Waals surface area contributed by atoms with E-state index < -0.39 is 6.43 Å². The molecule has 2 aliphatic rings. The van der Waals surface area contributed by atoms with E-state index in [9.17, 15) is 8.78 Å². The van der Waals surface area contributed by atoms with Crippen LogP contribution in [-0.2, 0) is 0 Å². The average Bonchev–Trinajstić information content (AvgIpc) is 2.24. The second-order valence-electron chi connectivity index (χ2n) is 5.65. The van der Waals surface area contributed by atoms with Crippen molar-refractivity contribution in [3.8, 4) is 0 Å². The number of halogens is 2. The zero-order valence-electron chi connectivity index (χ0n) is 10.8. The maximum absolute atomic E-state index is 12.3. The number of likely N-dealkylation sites (tertiary alicyclic amines) is 1. The third kappa shape index (κ3) is 3.87. The van der Waals surface area contributed by atoms with Gasteiger partial charge in [0.2, 0.25) is 0 Å². The van der Waals surface area contributed by atoms with Gasteiger partial charge in [0.15, 0.2) is 0 Å². The molecule has 2 unspecified atom stereocenters. The lowest BCUT2D eigenvalue weighted by molar-refractivity contribution is 0.0451. The van der Waals surface area contributed by atoms with Gasteiger partial charge in [0, 0.05) is 31.8 Å². The minimum absolute atomic E-state index is 0.157. The minimum atomic E-state index is -2.28. The summed E-state index contributed by atoms with van der Waals surface area (Å²) in [5.41, 5.74) is 0. The smallest absolute Gasteiger partial charge is 0.250 e. The Morgan fingerprint density at radius 3 is 2.61 bits per heavy atom. The van der Waals surface area contributed by atoms with Crippen LogP contribution in [0.3, 0.4) is 0 Å². The third-order valence-corrected chi connectivity index (χ3v) is 4.25. The summed E-state index contributed by atoms with van der Waals surface area (Å²) >= 11 is 0. The Bertz CT molecular complexity index is 249. The predicted octanol–water partition coefficient (Wildman–Crippen LogP) is 1.47. The number of rotatable bonds is 6. The molecule has 2 fully saturated rings. The van der Waals surface area contributed by atoms with Crippen molar-refractivity contribution in [1.29, 1.82) is 0 Å². The van der Waals surface area contributed by atoms with Crippen LogP contribution in [0.1, 0.15) is 32.1 Å². The maximum atomic E-state index is 12.3. The van der Waals surface area contributed by atoms with E-state index in [4.69, 9.17) is 5.11 Å². The summed E-state index contributed by atoms with van der Waals surface area (Å²) < 4.78 is 24.5. The highest BCUT2D eigenvalue weighted by atomic mass is 19.3. The topological polar surface area (TPSA) is 35.5 Å². The highest BCUT2D eigenvalue weighted by molar-refractivity contribution is 4.89. The third-order valence-electron chi connectivity index (χ3n) is 4.25. The molecule has 18 heavy (non-hydrogen) atoms. The van der Waals surface area contributed by atoms with Crippen LogP contribution >= 0.6 is 0 Å². The van der Waals surface area contributed by atoms with E-state index in [-0.39, 0.29) is 19.2 Å². The van der Waals surface area contributed by atoms with Crippen LogP contribution in [-0.4, -0.2) is 54.8 Å². The van der Waals surface area contributed by atoms with E-state index in [1.165, 1.54) is 19.3 Å². The number of hydrogen-bond acceptors (Lipinski definition) is 3. The van der Waals surface area contributed by atoms with Crippen LogP contribution in [0.25, 0.3) is 0 Å². The summed E-state index contributed by atoms with van der Waals surface area (Å²) in [5.74, 6) is 0.444. The number of nitrogens with one attached hydrogen (secondary N) is 1. The molecule has 1 heterocycles. The van der Waals surface area contributed by atoms with Gasteiger partial charge in [-0.1, -0.05) is 6.42 Å². The molecule has 3 nitrogen and oxygen atoms in total. The first kappa shape index (κ1) is 14.2. The number of hydrogen-bond donors (Lipinski definition) is 2. The highest BCUT2D eigenvalue weighted by Gasteiger charge is 2.33. The number of nitrogens with zero attached hydrogens (tertiary/aromatic N) is 1. The van der Waals surface area contributed by atoms with Gasteiger partial charge in [-0.25, -0.2) is 8.78 Å². The van der Waals surface area contributed by atoms with Crippen molar-refractivity contribution in [2.75, 3.05) is 26.2 Å². The van der Waals surface area contributed by atoms with Crippen molar-refractivity contribution in [2.24, 2.45) is 5.92 Å². The van der Waals surface area contributed by atoms with Gasteiger partial charge in [-0.2, -0.15) is 0 Å². The van der Waals surface area contributed by atoms with Gasteiger partial charge in [-0.3, -0.25) is 4.90 Å². The van der Waals surface area contributed by atoms with E-state index in [2.05, 4.69) is 10.2 Å². The van der Waals surface area contributed by atoms with Crippen LogP contribution in [0, 0.1) is 5.92 Å². The summed E-state index contributed by atoms with van der Waals surface area (Å²) in [7, 11) is 0. The first-order valence-electron chi connectivity index (χ1n) is 7.05. The lowest BCUT2D eigenvalue weighted by Crippen LogP contribution is -2.54. The molecule has 1 aliphatic heterocycles. The van der Waals surface area contributed by atoms with Crippen molar-refractivity contribution in [3.05, 3.63) is 0 Å². The molecular formula is C13H24F2N2O. The summed E-state index contributed by atoms with van der Waals surface area (Å²) in [5, 5.41) is 12.0. The van der Waals surface area contributed by atoms with Crippen molar-refractivity contribution in [3.63, 3.8) is 0 Å². The summed E-state index contributed by atoms with van der Waals surface area (Å²) in [6, 6.07) is 0.812. The maximum Gasteiger partial charge on any atom is 0.250 e. The molecular weight excluding hydrogens is 238 g/mol. The minimum Gasteiger partial charge on any atom is -0.396 e. The van der Waals surface area contributed by atoms with Gasteiger partial charge < -0.3 is 10.4 Å². The van der Waals surface area contributed by atoms with Crippen molar-refractivity contribution >= 4 is 0 Å². The second-order valence-corrected chi connectivity index (χ2v) is 5.65.